The van der Waals surface area contributed by atoms with Crippen LogP contribution >= 0.6 is 0 Å². The molecule has 0 aromatic heterocycles. The van der Waals surface area contributed by atoms with E-state index < -0.39 is 17.8 Å². The van der Waals surface area contributed by atoms with Gasteiger partial charge in [-0.1, -0.05) is 18.2 Å². The summed E-state index contributed by atoms with van der Waals surface area (Å²) >= 11 is 0. The van der Waals surface area contributed by atoms with Crippen LogP contribution < -0.4 is 10.2 Å². The van der Waals surface area contributed by atoms with Crippen LogP contribution in [0.1, 0.15) is 31.2 Å². The van der Waals surface area contributed by atoms with Gasteiger partial charge in [0.05, 0.1) is 11.8 Å². The molecular formula is C19H22N2O4. The van der Waals surface area contributed by atoms with E-state index in [1.807, 2.05) is 25.1 Å². The molecule has 25 heavy (non-hydrogen) atoms. The standard InChI is InChI=1S/C19H22N2O4/c1-12-15(8-4-9-16(12)21-11-5-10-17(21)22)20-18(23)13-6-2-3-7-14(13)19(24)25/h2-4,8-9,13-14H,5-7,10-11H2,1H3,(H,20,23)(H,24,25)/t13-,14-/m0/s1. The van der Waals surface area contributed by atoms with Crippen LogP contribution in [0, 0.1) is 18.8 Å². The van der Waals surface area contributed by atoms with Gasteiger partial charge in [0.2, 0.25) is 11.8 Å². The Hall–Kier alpha value is -2.63. The second kappa shape index (κ2) is 7.09. The Morgan fingerprint density at radius 2 is 1.92 bits per heavy atom. The second-order valence-electron chi connectivity index (χ2n) is 6.58. The van der Waals surface area contributed by atoms with Gasteiger partial charge < -0.3 is 15.3 Å². The molecule has 1 aromatic carbocycles. The summed E-state index contributed by atoms with van der Waals surface area (Å²) in [6.45, 7) is 2.55. The summed E-state index contributed by atoms with van der Waals surface area (Å²) in [5.74, 6) is -2.43. The Balaban J connectivity index is 1.81. The number of aliphatic carboxylic acids is 1. The number of carbonyl (C=O) groups excluding carboxylic acids is 2. The fourth-order valence-corrected chi connectivity index (χ4v) is 3.56. The third kappa shape index (κ3) is 3.43. The highest BCUT2D eigenvalue weighted by Gasteiger charge is 2.34. The molecule has 2 N–H and O–H groups in total. The molecule has 1 aliphatic carbocycles. The summed E-state index contributed by atoms with van der Waals surface area (Å²) in [5, 5.41) is 12.2. The number of carboxylic acid groups (broad SMARTS) is 1. The molecule has 0 spiro atoms. The molecule has 1 fully saturated rings. The van der Waals surface area contributed by atoms with Gasteiger partial charge in [0, 0.05) is 24.3 Å². The summed E-state index contributed by atoms with van der Waals surface area (Å²) in [5.41, 5.74) is 2.25. The number of anilines is 2. The highest BCUT2D eigenvalue weighted by molar-refractivity contribution is 5.99. The Bertz CT molecular complexity index is 741. The van der Waals surface area contributed by atoms with Crippen molar-refractivity contribution in [3.8, 4) is 0 Å². The molecular weight excluding hydrogens is 320 g/mol. The van der Waals surface area contributed by atoms with E-state index in [0.29, 0.717) is 31.5 Å². The third-order valence-corrected chi connectivity index (χ3v) is 5.01. The van der Waals surface area contributed by atoms with Crippen LogP contribution in [0.5, 0.6) is 0 Å². The van der Waals surface area contributed by atoms with Crippen molar-refractivity contribution < 1.29 is 19.5 Å². The fraction of sp³-hybridized carbons (Fsp3) is 0.421. The van der Waals surface area contributed by atoms with Crippen LogP contribution in [-0.2, 0) is 14.4 Å². The molecule has 2 amide bonds. The number of carboxylic acids is 1. The molecule has 0 radical (unpaired) electrons. The predicted molar refractivity (Wildman–Crippen MR) is 94.4 cm³/mol. The number of hydrogen-bond donors (Lipinski definition) is 2. The minimum Gasteiger partial charge on any atom is -0.481 e. The van der Waals surface area contributed by atoms with Crippen LogP contribution in [0.15, 0.2) is 30.4 Å². The minimum absolute atomic E-state index is 0.0925. The SMILES string of the molecule is Cc1c(NC(=O)[C@H]2CC=CC[C@@H]2C(=O)O)cccc1N1CCCC1=O. The van der Waals surface area contributed by atoms with Crippen LogP contribution in [0.25, 0.3) is 0 Å². The summed E-state index contributed by atoms with van der Waals surface area (Å²) in [7, 11) is 0. The van der Waals surface area contributed by atoms with Crippen LogP contribution in [0.4, 0.5) is 11.4 Å². The molecule has 2 atom stereocenters. The van der Waals surface area contributed by atoms with Gasteiger partial charge in [0.25, 0.3) is 0 Å². The first-order valence-corrected chi connectivity index (χ1v) is 8.57. The molecule has 1 heterocycles. The molecule has 0 bridgehead atoms. The Labute approximate surface area is 146 Å². The molecule has 1 aliphatic heterocycles. The molecule has 6 heteroatoms. The minimum atomic E-state index is -0.947. The van der Waals surface area contributed by atoms with E-state index in [2.05, 4.69) is 5.32 Å². The zero-order valence-electron chi connectivity index (χ0n) is 14.2. The zero-order valence-corrected chi connectivity index (χ0v) is 14.2. The number of rotatable bonds is 4. The second-order valence-corrected chi connectivity index (χ2v) is 6.58. The van der Waals surface area contributed by atoms with Crippen LogP contribution in [0.3, 0.4) is 0 Å². The summed E-state index contributed by atoms with van der Waals surface area (Å²) in [6, 6.07) is 5.46. The lowest BCUT2D eigenvalue weighted by Crippen LogP contribution is -2.35. The van der Waals surface area contributed by atoms with E-state index in [1.54, 1.807) is 17.0 Å². The highest BCUT2D eigenvalue weighted by atomic mass is 16.4. The quantitative estimate of drug-likeness (QED) is 0.824. The summed E-state index contributed by atoms with van der Waals surface area (Å²) < 4.78 is 0. The van der Waals surface area contributed by atoms with Crippen molar-refractivity contribution in [3.63, 3.8) is 0 Å². The number of nitrogens with one attached hydrogen (secondary N) is 1. The van der Waals surface area contributed by atoms with Gasteiger partial charge >= 0.3 is 5.97 Å². The molecule has 6 nitrogen and oxygen atoms in total. The number of nitrogens with zero attached hydrogens (tertiary/aromatic N) is 1. The van der Waals surface area contributed by atoms with Crippen LogP contribution in [-0.4, -0.2) is 29.4 Å². The summed E-state index contributed by atoms with van der Waals surface area (Å²) in [4.78, 5) is 37.8. The molecule has 0 unspecified atom stereocenters. The van der Waals surface area contributed by atoms with Gasteiger partial charge in [-0.25, -0.2) is 0 Å². The zero-order chi connectivity index (χ0) is 18.0. The maximum absolute atomic E-state index is 12.6. The smallest absolute Gasteiger partial charge is 0.307 e. The van der Waals surface area contributed by atoms with E-state index in [-0.39, 0.29) is 11.8 Å². The Kier molecular flexibility index (Phi) is 4.88. The predicted octanol–water partition coefficient (Wildman–Crippen LogP) is 2.73. The Morgan fingerprint density at radius 3 is 2.56 bits per heavy atom. The normalized spacial score (nSPS) is 22.9. The highest BCUT2D eigenvalue weighted by Crippen LogP contribution is 2.32. The van der Waals surface area contributed by atoms with Crippen molar-refractivity contribution in [2.45, 2.75) is 32.6 Å². The number of amides is 2. The van der Waals surface area contributed by atoms with Crippen molar-refractivity contribution in [3.05, 3.63) is 35.9 Å². The van der Waals surface area contributed by atoms with Gasteiger partial charge in [0.15, 0.2) is 0 Å². The number of hydrogen-bond acceptors (Lipinski definition) is 3. The number of carbonyl (C=O) groups is 3. The van der Waals surface area contributed by atoms with E-state index >= 15 is 0 Å². The topological polar surface area (TPSA) is 86.7 Å². The van der Waals surface area contributed by atoms with E-state index in [0.717, 1.165) is 17.7 Å². The fourth-order valence-electron chi connectivity index (χ4n) is 3.56. The van der Waals surface area contributed by atoms with Crippen molar-refractivity contribution in [1.82, 2.24) is 0 Å². The van der Waals surface area contributed by atoms with Gasteiger partial charge in [-0.15, -0.1) is 0 Å². The van der Waals surface area contributed by atoms with Crippen molar-refractivity contribution in [2.75, 3.05) is 16.8 Å². The first-order chi connectivity index (χ1) is 12.0. The molecule has 2 aliphatic rings. The molecule has 132 valence electrons. The lowest BCUT2D eigenvalue weighted by Gasteiger charge is -2.25. The number of benzene rings is 1. The largest absolute Gasteiger partial charge is 0.481 e. The van der Waals surface area contributed by atoms with Gasteiger partial charge in [0.1, 0.15) is 0 Å². The molecule has 1 saturated heterocycles. The van der Waals surface area contributed by atoms with E-state index in [4.69, 9.17) is 0 Å². The monoisotopic (exact) mass is 342 g/mol. The number of allylic oxidation sites excluding steroid dienone is 2. The van der Waals surface area contributed by atoms with Gasteiger partial charge in [-0.2, -0.15) is 0 Å². The lowest BCUT2D eigenvalue weighted by molar-refractivity contribution is -0.146. The van der Waals surface area contributed by atoms with E-state index in [9.17, 15) is 19.5 Å². The maximum Gasteiger partial charge on any atom is 0.307 e. The maximum atomic E-state index is 12.6. The third-order valence-electron chi connectivity index (χ3n) is 5.01. The molecule has 1 aromatic rings. The van der Waals surface area contributed by atoms with Gasteiger partial charge in [-0.3, -0.25) is 14.4 Å². The van der Waals surface area contributed by atoms with Gasteiger partial charge in [-0.05, 0) is 43.9 Å². The average Bonchev–Trinajstić information content (AvgIpc) is 3.02. The molecule has 0 saturated carbocycles. The van der Waals surface area contributed by atoms with Crippen molar-refractivity contribution >= 4 is 29.2 Å². The van der Waals surface area contributed by atoms with Crippen molar-refractivity contribution in [1.29, 1.82) is 0 Å². The first kappa shape index (κ1) is 17.2. The molecule has 3 rings (SSSR count). The first-order valence-electron chi connectivity index (χ1n) is 8.57. The summed E-state index contributed by atoms with van der Waals surface area (Å²) in [6.07, 6.45) is 5.85. The lowest BCUT2D eigenvalue weighted by atomic mass is 9.82. The Morgan fingerprint density at radius 1 is 1.20 bits per heavy atom. The van der Waals surface area contributed by atoms with Crippen LogP contribution in [0.2, 0.25) is 0 Å². The van der Waals surface area contributed by atoms with Crippen molar-refractivity contribution in [2.24, 2.45) is 11.8 Å². The van der Waals surface area contributed by atoms with E-state index in [1.165, 1.54) is 0 Å². The average molecular weight is 342 g/mol.